The summed E-state index contributed by atoms with van der Waals surface area (Å²) in [6, 6.07) is 15.8. The van der Waals surface area contributed by atoms with Crippen LogP contribution < -0.4 is 16.4 Å². The first-order valence-electron chi connectivity index (χ1n) is 5.70. The molecule has 2 aromatic carbocycles. The normalized spacial score (nSPS) is 10.2. The van der Waals surface area contributed by atoms with Crippen LogP contribution >= 0.6 is 0 Å². The molecule has 0 radical (unpaired) electrons. The molecule has 0 spiro atoms. The van der Waals surface area contributed by atoms with E-state index in [0.717, 1.165) is 17.9 Å². The Labute approximate surface area is 102 Å². The van der Waals surface area contributed by atoms with Gasteiger partial charge in [-0.15, -0.1) is 0 Å². The van der Waals surface area contributed by atoms with Crippen LogP contribution in [0.15, 0.2) is 48.5 Å². The third-order valence-electron chi connectivity index (χ3n) is 2.73. The molecule has 0 unspecified atom stereocenters. The fourth-order valence-electron chi connectivity index (χ4n) is 1.92. The highest BCUT2D eigenvalue weighted by atomic mass is 15.1. The minimum Gasteiger partial charge on any atom is -0.399 e. The van der Waals surface area contributed by atoms with Crippen molar-refractivity contribution < 1.29 is 0 Å². The van der Waals surface area contributed by atoms with Gasteiger partial charge < -0.3 is 16.4 Å². The van der Waals surface area contributed by atoms with Gasteiger partial charge in [0.25, 0.3) is 0 Å². The molecule has 0 aliphatic carbocycles. The summed E-state index contributed by atoms with van der Waals surface area (Å²) in [6.45, 7) is 2.96. The molecule has 0 aliphatic rings. The van der Waals surface area contributed by atoms with Crippen molar-refractivity contribution in [2.75, 3.05) is 22.9 Å². The number of nitrogens with zero attached hydrogens (tertiary/aromatic N) is 1. The van der Waals surface area contributed by atoms with Gasteiger partial charge in [-0.2, -0.15) is 0 Å². The van der Waals surface area contributed by atoms with E-state index in [0.29, 0.717) is 11.4 Å². The van der Waals surface area contributed by atoms with E-state index in [1.165, 1.54) is 0 Å². The number of rotatable bonds is 3. The smallest absolute Gasteiger partial charge is 0.0645 e. The van der Waals surface area contributed by atoms with Gasteiger partial charge in [0.2, 0.25) is 0 Å². The van der Waals surface area contributed by atoms with Crippen LogP contribution in [0.4, 0.5) is 22.7 Å². The largest absolute Gasteiger partial charge is 0.399 e. The van der Waals surface area contributed by atoms with Gasteiger partial charge in [-0.25, -0.2) is 0 Å². The van der Waals surface area contributed by atoms with Gasteiger partial charge in [0, 0.05) is 17.9 Å². The van der Waals surface area contributed by atoms with Crippen molar-refractivity contribution in [3.05, 3.63) is 48.5 Å². The zero-order chi connectivity index (χ0) is 12.3. The maximum atomic E-state index is 6.01. The standard InChI is InChI=1S/C14H17N3/c1-2-17(12-6-4-3-5-7-12)14-9-8-11(15)10-13(14)16/h3-10H,2,15-16H2,1H3. The second-order valence-electron chi connectivity index (χ2n) is 3.90. The highest BCUT2D eigenvalue weighted by molar-refractivity contribution is 5.77. The average Bonchev–Trinajstić information content (AvgIpc) is 2.34. The molecule has 0 heterocycles. The second-order valence-corrected chi connectivity index (χ2v) is 3.90. The molecule has 3 heteroatoms. The van der Waals surface area contributed by atoms with Crippen molar-refractivity contribution in [2.24, 2.45) is 0 Å². The predicted octanol–water partition coefficient (Wildman–Crippen LogP) is 3.01. The summed E-state index contributed by atoms with van der Waals surface area (Å²) < 4.78 is 0. The lowest BCUT2D eigenvalue weighted by Gasteiger charge is -2.24. The molecule has 0 amide bonds. The zero-order valence-electron chi connectivity index (χ0n) is 9.93. The molecule has 0 saturated carbocycles. The van der Waals surface area contributed by atoms with E-state index in [1.807, 2.05) is 30.3 Å². The first-order chi connectivity index (χ1) is 8.22. The predicted molar refractivity (Wildman–Crippen MR) is 74.4 cm³/mol. The Balaban J connectivity index is 2.42. The van der Waals surface area contributed by atoms with Crippen LogP contribution in [0.3, 0.4) is 0 Å². The maximum absolute atomic E-state index is 6.01. The molecule has 17 heavy (non-hydrogen) atoms. The first-order valence-corrected chi connectivity index (χ1v) is 5.70. The summed E-state index contributed by atoms with van der Waals surface area (Å²) >= 11 is 0. The lowest BCUT2D eigenvalue weighted by molar-refractivity contribution is 1.03. The Morgan fingerprint density at radius 3 is 2.29 bits per heavy atom. The van der Waals surface area contributed by atoms with Crippen LogP contribution in [0.25, 0.3) is 0 Å². The van der Waals surface area contributed by atoms with Crippen molar-refractivity contribution >= 4 is 22.7 Å². The Hall–Kier alpha value is -2.16. The fourth-order valence-corrected chi connectivity index (χ4v) is 1.92. The number of para-hydroxylation sites is 1. The summed E-state index contributed by atoms with van der Waals surface area (Å²) in [4.78, 5) is 2.16. The van der Waals surface area contributed by atoms with Crippen LogP contribution in [0.5, 0.6) is 0 Å². The Bertz CT molecular complexity index is 494. The molecule has 0 bridgehead atoms. The first kappa shape index (κ1) is 11.3. The van der Waals surface area contributed by atoms with E-state index in [2.05, 4.69) is 24.0 Å². The van der Waals surface area contributed by atoms with E-state index in [1.54, 1.807) is 6.07 Å². The topological polar surface area (TPSA) is 55.3 Å². The molecule has 3 nitrogen and oxygen atoms in total. The number of nitrogens with two attached hydrogens (primary N) is 2. The summed E-state index contributed by atoms with van der Waals surface area (Å²) in [7, 11) is 0. The number of anilines is 4. The third-order valence-corrected chi connectivity index (χ3v) is 2.73. The van der Waals surface area contributed by atoms with Crippen molar-refractivity contribution in [2.45, 2.75) is 6.92 Å². The second kappa shape index (κ2) is 4.78. The van der Waals surface area contributed by atoms with E-state index in [4.69, 9.17) is 11.5 Å². The van der Waals surface area contributed by atoms with Crippen molar-refractivity contribution in [1.29, 1.82) is 0 Å². The van der Waals surface area contributed by atoms with Crippen LogP contribution in [0, 0.1) is 0 Å². The molecule has 0 saturated heterocycles. The van der Waals surface area contributed by atoms with Crippen LogP contribution in [0.2, 0.25) is 0 Å². The number of nitrogen functional groups attached to an aromatic ring is 2. The van der Waals surface area contributed by atoms with Crippen molar-refractivity contribution in [3.63, 3.8) is 0 Å². The van der Waals surface area contributed by atoms with Gasteiger partial charge in [-0.3, -0.25) is 0 Å². The number of benzene rings is 2. The SMILES string of the molecule is CCN(c1ccccc1)c1ccc(N)cc1N. The van der Waals surface area contributed by atoms with Gasteiger partial charge in [-0.05, 0) is 37.3 Å². The lowest BCUT2D eigenvalue weighted by atomic mass is 10.2. The molecule has 0 aromatic heterocycles. The average molecular weight is 227 g/mol. The molecule has 88 valence electrons. The van der Waals surface area contributed by atoms with Crippen LogP contribution in [0.1, 0.15) is 6.92 Å². The highest BCUT2D eigenvalue weighted by Gasteiger charge is 2.09. The van der Waals surface area contributed by atoms with Crippen molar-refractivity contribution in [1.82, 2.24) is 0 Å². The van der Waals surface area contributed by atoms with E-state index in [9.17, 15) is 0 Å². The summed E-state index contributed by atoms with van der Waals surface area (Å²) in [6.07, 6.45) is 0. The van der Waals surface area contributed by atoms with Gasteiger partial charge in [0.1, 0.15) is 0 Å². The molecule has 0 aliphatic heterocycles. The molecule has 2 rings (SSSR count). The Morgan fingerprint density at radius 2 is 1.71 bits per heavy atom. The lowest BCUT2D eigenvalue weighted by Crippen LogP contribution is -2.17. The monoisotopic (exact) mass is 227 g/mol. The van der Waals surface area contributed by atoms with E-state index < -0.39 is 0 Å². The number of hydrogen-bond donors (Lipinski definition) is 2. The molecule has 0 atom stereocenters. The summed E-state index contributed by atoms with van der Waals surface area (Å²) in [5, 5.41) is 0. The van der Waals surface area contributed by atoms with Crippen LogP contribution in [-0.4, -0.2) is 6.54 Å². The minimum absolute atomic E-state index is 0.690. The Morgan fingerprint density at radius 1 is 1.00 bits per heavy atom. The quantitative estimate of drug-likeness (QED) is 0.792. The molecule has 4 N–H and O–H groups in total. The highest BCUT2D eigenvalue weighted by Crippen LogP contribution is 2.31. The molecular weight excluding hydrogens is 210 g/mol. The molecular formula is C14H17N3. The van der Waals surface area contributed by atoms with E-state index >= 15 is 0 Å². The Kier molecular flexibility index (Phi) is 3.19. The third kappa shape index (κ3) is 2.33. The van der Waals surface area contributed by atoms with Gasteiger partial charge >= 0.3 is 0 Å². The van der Waals surface area contributed by atoms with Gasteiger partial charge in [-0.1, -0.05) is 18.2 Å². The molecule has 0 fully saturated rings. The minimum atomic E-state index is 0.690. The number of hydrogen-bond acceptors (Lipinski definition) is 3. The van der Waals surface area contributed by atoms with Crippen molar-refractivity contribution in [3.8, 4) is 0 Å². The fraction of sp³-hybridized carbons (Fsp3) is 0.143. The maximum Gasteiger partial charge on any atom is 0.0645 e. The van der Waals surface area contributed by atoms with E-state index in [-0.39, 0.29) is 0 Å². The van der Waals surface area contributed by atoms with Gasteiger partial charge in [0.05, 0.1) is 11.4 Å². The van der Waals surface area contributed by atoms with Crippen LogP contribution in [-0.2, 0) is 0 Å². The van der Waals surface area contributed by atoms with Gasteiger partial charge in [0.15, 0.2) is 0 Å². The summed E-state index contributed by atoms with van der Waals surface area (Å²) in [5.41, 5.74) is 15.2. The summed E-state index contributed by atoms with van der Waals surface area (Å²) in [5.74, 6) is 0. The zero-order valence-corrected chi connectivity index (χ0v) is 9.93. The molecule has 2 aromatic rings.